The second-order valence-corrected chi connectivity index (χ2v) is 7.04. The number of nitro groups is 1. The van der Waals surface area contributed by atoms with Gasteiger partial charge in [-0.3, -0.25) is 14.9 Å². The minimum absolute atomic E-state index is 0.105. The van der Waals surface area contributed by atoms with Crippen molar-refractivity contribution in [3.05, 3.63) is 33.9 Å². The van der Waals surface area contributed by atoms with E-state index in [1.807, 2.05) is 13.8 Å². The van der Waals surface area contributed by atoms with Gasteiger partial charge in [-0.05, 0) is 44.7 Å². The van der Waals surface area contributed by atoms with E-state index < -0.39 is 4.92 Å². The zero-order valence-electron chi connectivity index (χ0n) is 12.2. The summed E-state index contributed by atoms with van der Waals surface area (Å²) in [5.74, 6) is -0.209. The standard InChI is InChI=1S/C13H14N4O3S2/c1-7(2)14-12-15-16-13(22-12)21-11-5-4-9(8(3)18)6-10(11)17(19)20/h4-7H,1-3H3,(H,14,15). The Hall–Kier alpha value is -2.00. The van der Waals surface area contributed by atoms with E-state index in [1.165, 1.54) is 24.3 Å². The Labute approximate surface area is 135 Å². The first-order valence-corrected chi connectivity index (χ1v) is 8.07. The van der Waals surface area contributed by atoms with Gasteiger partial charge in [0.1, 0.15) is 0 Å². The molecule has 22 heavy (non-hydrogen) atoms. The average Bonchev–Trinajstić information content (AvgIpc) is 2.85. The quantitative estimate of drug-likeness (QED) is 0.488. The number of hydrogen-bond acceptors (Lipinski definition) is 8. The fraction of sp³-hybridized carbons (Fsp3) is 0.308. The second kappa shape index (κ2) is 6.84. The van der Waals surface area contributed by atoms with Crippen molar-refractivity contribution in [1.29, 1.82) is 0 Å². The van der Waals surface area contributed by atoms with Crippen LogP contribution in [0.3, 0.4) is 0 Å². The molecule has 0 aliphatic heterocycles. The van der Waals surface area contributed by atoms with E-state index in [9.17, 15) is 14.9 Å². The second-order valence-electron chi connectivity index (χ2n) is 4.77. The molecule has 1 N–H and O–H groups in total. The molecule has 0 atom stereocenters. The van der Waals surface area contributed by atoms with Gasteiger partial charge >= 0.3 is 0 Å². The average molecular weight is 338 g/mol. The molecule has 0 bridgehead atoms. The fourth-order valence-corrected chi connectivity index (χ4v) is 3.56. The summed E-state index contributed by atoms with van der Waals surface area (Å²) in [5, 5.41) is 23.0. The largest absolute Gasteiger partial charge is 0.358 e. The Bertz CT molecular complexity index is 715. The first-order valence-electron chi connectivity index (χ1n) is 6.44. The number of benzene rings is 1. The van der Waals surface area contributed by atoms with Crippen molar-refractivity contribution in [3.63, 3.8) is 0 Å². The van der Waals surface area contributed by atoms with Crippen LogP contribution in [0.2, 0.25) is 0 Å². The van der Waals surface area contributed by atoms with Crippen LogP contribution in [0, 0.1) is 10.1 Å². The Morgan fingerprint density at radius 1 is 1.41 bits per heavy atom. The molecule has 1 aromatic heterocycles. The molecular formula is C13H14N4O3S2. The van der Waals surface area contributed by atoms with Gasteiger partial charge in [-0.1, -0.05) is 11.3 Å². The van der Waals surface area contributed by atoms with Gasteiger partial charge in [0.05, 0.1) is 9.82 Å². The van der Waals surface area contributed by atoms with Gasteiger partial charge in [-0.2, -0.15) is 0 Å². The molecular weight excluding hydrogens is 324 g/mol. The number of nitro benzene ring substituents is 1. The Kier molecular flexibility index (Phi) is 5.09. The van der Waals surface area contributed by atoms with E-state index in [-0.39, 0.29) is 17.5 Å². The summed E-state index contributed by atoms with van der Waals surface area (Å²) >= 11 is 2.49. The van der Waals surface area contributed by atoms with Gasteiger partial charge in [0, 0.05) is 17.7 Å². The van der Waals surface area contributed by atoms with Gasteiger partial charge in [-0.15, -0.1) is 10.2 Å². The van der Waals surface area contributed by atoms with Crippen molar-refractivity contribution in [2.75, 3.05) is 5.32 Å². The molecule has 7 nitrogen and oxygen atoms in total. The number of nitrogens with one attached hydrogen (secondary N) is 1. The summed E-state index contributed by atoms with van der Waals surface area (Å²) in [7, 11) is 0. The summed E-state index contributed by atoms with van der Waals surface area (Å²) in [6.07, 6.45) is 0. The lowest BCUT2D eigenvalue weighted by Gasteiger charge is -2.03. The van der Waals surface area contributed by atoms with E-state index in [0.29, 0.717) is 19.9 Å². The normalized spacial score (nSPS) is 10.7. The molecule has 2 rings (SSSR count). The van der Waals surface area contributed by atoms with Crippen molar-refractivity contribution >= 4 is 39.7 Å². The molecule has 0 saturated carbocycles. The first kappa shape index (κ1) is 16.4. The predicted octanol–water partition coefficient (Wildman–Crippen LogP) is 3.62. The summed E-state index contributed by atoms with van der Waals surface area (Å²) < 4.78 is 0.599. The molecule has 0 aliphatic carbocycles. The third-order valence-electron chi connectivity index (χ3n) is 2.58. The maximum atomic E-state index is 11.3. The number of anilines is 1. The molecule has 9 heteroatoms. The highest BCUT2D eigenvalue weighted by molar-refractivity contribution is 8.01. The van der Waals surface area contributed by atoms with Crippen LogP contribution < -0.4 is 5.32 Å². The van der Waals surface area contributed by atoms with Crippen LogP contribution in [0.15, 0.2) is 27.4 Å². The van der Waals surface area contributed by atoms with Crippen LogP contribution in [-0.4, -0.2) is 26.9 Å². The van der Waals surface area contributed by atoms with Crippen molar-refractivity contribution in [1.82, 2.24) is 10.2 Å². The molecule has 1 heterocycles. The van der Waals surface area contributed by atoms with Gasteiger partial charge in [-0.25, -0.2) is 0 Å². The minimum Gasteiger partial charge on any atom is -0.358 e. The SMILES string of the molecule is CC(=O)c1ccc(Sc2nnc(NC(C)C)s2)c([N+](=O)[O-])c1. The van der Waals surface area contributed by atoms with Crippen LogP contribution in [0.1, 0.15) is 31.1 Å². The van der Waals surface area contributed by atoms with E-state index >= 15 is 0 Å². The zero-order valence-corrected chi connectivity index (χ0v) is 13.8. The highest BCUT2D eigenvalue weighted by Crippen LogP contribution is 2.37. The molecule has 0 fully saturated rings. The Balaban J connectivity index is 2.27. The third-order valence-corrected chi connectivity index (χ3v) is 4.55. The van der Waals surface area contributed by atoms with Crippen LogP contribution in [0.5, 0.6) is 0 Å². The molecule has 2 aromatic rings. The number of aromatic nitrogens is 2. The Morgan fingerprint density at radius 2 is 2.14 bits per heavy atom. The van der Waals surface area contributed by atoms with E-state index in [0.717, 1.165) is 11.8 Å². The number of carbonyl (C=O) groups excluding carboxylic acids is 1. The van der Waals surface area contributed by atoms with E-state index in [4.69, 9.17) is 0 Å². The summed E-state index contributed by atoms with van der Waals surface area (Å²) in [6.45, 7) is 5.35. The molecule has 0 saturated heterocycles. The maximum absolute atomic E-state index is 11.3. The van der Waals surface area contributed by atoms with E-state index in [1.54, 1.807) is 12.1 Å². The monoisotopic (exact) mass is 338 g/mol. The van der Waals surface area contributed by atoms with Crippen LogP contribution in [0.25, 0.3) is 0 Å². The third kappa shape index (κ3) is 4.01. The summed E-state index contributed by atoms with van der Waals surface area (Å²) in [6, 6.07) is 4.66. The number of nitrogens with zero attached hydrogens (tertiary/aromatic N) is 3. The smallest absolute Gasteiger partial charge is 0.284 e. The lowest BCUT2D eigenvalue weighted by Crippen LogP contribution is -2.08. The predicted molar refractivity (Wildman–Crippen MR) is 85.9 cm³/mol. The van der Waals surface area contributed by atoms with Crippen molar-refractivity contribution in [3.8, 4) is 0 Å². The summed E-state index contributed by atoms with van der Waals surface area (Å²) in [4.78, 5) is 22.4. The van der Waals surface area contributed by atoms with Crippen LogP contribution >= 0.6 is 23.1 Å². The number of Topliss-reactive ketones (excluding diaryl/α,β-unsaturated/α-hetero) is 1. The minimum atomic E-state index is -0.497. The lowest BCUT2D eigenvalue weighted by atomic mass is 10.1. The fourth-order valence-electron chi connectivity index (χ4n) is 1.62. The molecule has 0 aliphatic rings. The molecule has 0 radical (unpaired) electrons. The molecule has 0 spiro atoms. The molecule has 116 valence electrons. The first-order chi connectivity index (χ1) is 10.4. The van der Waals surface area contributed by atoms with Crippen molar-refractivity contribution in [2.45, 2.75) is 36.0 Å². The molecule has 0 amide bonds. The van der Waals surface area contributed by atoms with Crippen molar-refractivity contribution < 1.29 is 9.72 Å². The van der Waals surface area contributed by atoms with E-state index in [2.05, 4.69) is 15.5 Å². The van der Waals surface area contributed by atoms with Gasteiger partial charge in [0.25, 0.3) is 5.69 Å². The number of carbonyl (C=O) groups is 1. The summed E-state index contributed by atoms with van der Waals surface area (Å²) in [5.41, 5.74) is 0.210. The maximum Gasteiger partial charge on any atom is 0.284 e. The van der Waals surface area contributed by atoms with Gasteiger partial charge in [0.2, 0.25) is 5.13 Å². The van der Waals surface area contributed by atoms with Crippen molar-refractivity contribution in [2.24, 2.45) is 0 Å². The molecule has 1 aromatic carbocycles. The zero-order chi connectivity index (χ0) is 16.3. The van der Waals surface area contributed by atoms with Gasteiger partial charge in [0.15, 0.2) is 10.1 Å². The number of rotatable bonds is 6. The highest BCUT2D eigenvalue weighted by Gasteiger charge is 2.19. The lowest BCUT2D eigenvalue weighted by molar-refractivity contribution is -0.387. The number of ketones is 1. The Morgan fingerprint density at radius 3 is 2.73 bits per heavy atom. The van der Waals surface area contributed by atoms with Crippen LogP contribution in [0.4, 0.5) is 10.8 Å². The topological polar surface area (TPSA) is 98.0 Å². The highest BCUT2D eigenvalue weighted by atomic mass is 32.2. The van der Waals surface area contributed by atoms with Gasteiger partial charge < -0.3 is 5.32 Å². The molecule has 0 unspecified atom stereocenters. The van der Waals surface area contributed by atoms with Crippen LogP contribution in [-0.2, 0) is 0 Å². The number of hydrogen-bond donors (Lipinski definition) is 1.